The Bertz CT molecular complexity index is 742. The zero-order chi connectivity index (χ0) is 22.8. The number of halogens is 10. The lowest BCUT2D eigenvalue weighted by atomic mass is 10.1. The van der Waals surface area contributed by atoms with Crippen LogP contribution in [0.3, 0.4) is 0 Å². The quantitative estimate of drug-likeness (QED) is 0.520. The predicted molar refractivity (Wildman–Crippen MR) is 72.0 cm³/mol. The maximum atomic E-state index is 13.0. The Hall–Kier alpha value is -2.74. The number of phenolic OH excluding ortho intramolecular Hbond substituents is 1. The Morgan fingerprint density at radius 2 is 1.31 bits per heavy atom. The van der Waals surface area contributed by atoms with Gasteiger partial charge in [-0.3, -0.25) is 4.79 Å². The van der Waals surface area contributed by atoms with Gasteiger partial charge in [0.25, 0.3) is 0 Å². The van der Waals surface area contributed by atoms with Gasteiger partial charge in [0.1, 0.15) is 11.9 Å². The number of ether oxygens (including phenoxy) is 1. The number of rotatable bonds is 6. The van der Waals surface area contributed by atoms with Crippen LogP contribution in [0.2, 0.25) is 0 Å². The van der Waals surface area contributed by atoms with Crippen molar-refractivity contribution < 1.29 is 63.3 Å². The maximum absolute atomic E-state index is 13.0. The van der Waals surface area contributed by atoms with Crippen molar-refractivity contribution in [2.75, 3.05) is 6.54 Å². The average molecular weight is 445 g/mol. The minimum atomic E-state index is -6.39. The van der Waals surface area contributed by atoms with Gasteiger partial charge in [0.15, 0.2) is 0 Å². The number of hydrogen-bond acceptors (Lipinski definition) is 4. The van der Waals surface area contributed by atoms with Crippen molar-refractivity contribution in [3.05, 3.63) is 29.8 Å². The molecule has 164 valence electrons. The highest BCUT2D eigenvalue weighted by Crippen LogP contribution is 2.38. The number of amides is 1. The van der Waals surface area contributed by atoms with Gasteiger partial charge in [-0.1, -0.05) is 12.1 Å². The molecule has 0 aromatic heterocycles. The van der Waals surface area contributed by atoms with E-state index in [1.54, 1.807) is 0 Å². The molecule has 1 atom stereocenters. The van der Waals surface area contributed by atoms with E-state index in [1.807, 2.05) is 0 Å². The number of esters is 1. The van der Waals surface area contributed by atoms with E-state index < -0.39 is 60.0 Å². The van der Waals surface area contributed by atoms with Gasteiger partial charge in [-0.15, -0.1) is 0 Å². The number of phenols is 1. The Morgan fingerprint density at radius 1 is 0.862 bits per heavy atom. The molecule has 1 aromatic carbocycles. The third kappa shape index (κ3) is 5.41. The molecule has 0 fully saturated rings. The summed E-state index contributed by atoms with van der Waals surface area (Å²) in [5.74, 6) is -18.6. The van der Waals surface area contributed by atoms with E-state index in [2.05, 4.69) is 4.74 Å². The number of carbonyl (C=O) groups is 2. The van der Waals surface area contributed by atoms with Gasteiger partial charge in [-0.25, -0.2) is 4.79 Å². The van der Waals surface area contributed by atoms with Gasteiger partial charge < -0.3 is 15.2 Å². The van der Waals surface area contributed by atoms with Gasteiger partial charge in [-0.05, 0) is 17.7 Å². The van der Waals surface area contributed by atoms with Crippen molar-refractivity contribution >= 4 is 11.9 Å². The van der Waals surface area contributed by atoms with E-state index in [1.165, 1.54) is 0 Å². The third-order valence-corrected chi connectivity index (χ3v) is 3.22. The standard InChI is InChI=1S/C14H9F10NO4/c15-11(16,13(19,20)21)9(27)25-5-8(6-1-3-7(26)4-2-6)29-10(28)12(17,18)14(22,23)24/h1-4,8,26H,5H2,(H,25,27). The first kappa shape index (κ1) is 24.3. The molecule has 1 amide bonds. The minimum Gasteiger partial charge on any atom is -0.508 e. The van der Waals surface area contributed by atoms with Crippen LogP contribution in [-0.2, 0) is 14.3 Å². The second-order valence-corrected chi connectivity index (χ2v) is 5.34. The lowest BCUT2D eigenvalue weighted by Crippen LogP contribution is -2.51. The predicted octanol–water partition coefficient (Wildman–Crippen LogP) is 3.49. The van der Waals surface area contributed by atoms with Crippen LogP contribution in [0.4, 0.5) is 43.9 Å². The van der Waals surface area contributed by atoms with Crippen LogP contribution in [0.1, 0.15) is 11.7 Å². The van der Waals surface area contributed by atoms with Crippen molar-refractivity contribution in [1.82, 2.24) is 5.32 Å². The average Bonchev–Trinajstić information content (AvgIpc) is 2.56. The molecule has 0 aliphatic heterocycles. The fraction of sp³-hybridized carbons (Fsp3) is 0.429. The molecular weight excluding hydrogens is 436 g/mol. The molecule has 1 rings (SSSR count). The molecule has 15 heteroatoms. The molecule has 0 aliphatic rings. The van der Waals surface area contributed by atoms with Crippen LogP contribution < -0.4 is 5.32 Å². The molecule has 0 heterocycles. The summed E-state index contributed by atoms with van der Waals surface area (Å²) in [6.07, 6.45) is -15.1. The van der Waals surface area contributed by atoms with Crippen molar-refractivity contribution in [1.29, 1.82) is 0 Å². The van der Waals surface area contributed by atoms with Crippen LogP contribution in [0.5, 0.6) is 5.75 Å². The maximum Gasteiger partial charge on any atom is 0.465 e. The van der Waals surface area contributed by atoms with Crippen LogP contribution >= 0.6 is 0 Å². The van der Waals surface area contributed by atoms with Crippen LogP contribution in [-0.4, -0.2) is 47.7 Å². The Kier molecular flexibility index (Phi) is 6.66. The van der Waals surface area contributed by atoms with Crippen molar-refractivity contribution in [2.45, 2.75) is 30.3 Å². The van der Waals surface area contributed by atoms with Gasteiger partial charge in [0, 0.05) is 0 Å². The summed E-state index contributed by atoms with van der Waals surface area (Å²) in [5, 5.41) is 10.1. The molecule has 5 nitrogen and oxygen atoms in total. The van der Waals surface area contributed by atoms with E-state index in [0.29, 0.717) is 0 Å². The van der Waals surface area contributed by atoms with E-state index in [0.717, 1.165) is 29.6 Å². The summed E-state index contributed by atoms with van der Waals surface area (Å²) in [5.41, 5.74) is -0.509. The first-order valence-corrected chi connectivity index (χ1v) is 7.08. The van der Waals surface area contributed by atoms with E-state index in [-0.39, 0.29) is 0 Å². The lowest BCUT2D eigenvalue weighted by molar-refractivity contribution is -0.282. The van der Waals surface area contributed by atoms with Gasteiger partial charge in [0.05, 0.1) is 6.54 Å². The second-order valence-electron chi connectivity index (χ2n) is 5.34. The number of aromatic hydroxyl groups is 1. The Morgan fingerprint density at radius 3 is 1.72 bits per heavy atom. The van der Waals surface area contributed by atoms with Crippen molar-refractivity contribution in [3.8, 4) is 5.75 Å². The lowest BCUT2D eigenvalue weighted by Gasteiger charge is -2.24. The SMILES string of the molecule is O=C(NCC(OC(=O)C(F)(F)C(F)(F)F)c1ccc(O)cc1)C(F)(F)C(F)(F)F. The van der Waals surface area contributed by atoms with E-state index in [4.69, 9.17) is 5.11 Å². The highest BCUT2D eigenvalue weighted by atomic mass is 19.4. The molecule has 1 unspecified atom stereocenters. The fourth-order valence-corrected chi connectivity index (χ4v) is 1.66. The number of alkyl halides is 10. The second kappa shape index (κ2) is 7.94. The summed E-state index contributed by atoms with van der Waals surface area (Å²) in [6.45, 7) is -1.52. The molecule has 0 bridgehead atoms. The van der Waals surface area contributed by atoms with E-state index in [9.17, 15) is 53.5 Å². The molecule has 2 N–H and O–H groups in total. The first-order chi connectivity index (χ1) is 12.9. The van der Waals surface area contributed by atoms with Crippen LogP contribution in [0.15, 0.2) is 24.3 Å². The number of benzene rings is 1. The molecule has 0 saturated heterocycles. The van der Waals surface area contributed by atoms with E-state index >= 15 is 0 Å². The highest BCUT2D eigenvalue weighted by Gasteiger charge is 2.65. The molecule has 29 heavy (non-hydrogen) atoms. The number of carbonyl (C=O) groups excluding carboxylic acids is 2. The van der Waals surface area contributed by atoms with Gasteiger partial charge in [-0.2, -0.15) is 43.9 Å². The molecular formula is C14H9F10NO4. The topological polar surface area (TPSA) is 75.6 Å². The highest BCUT2D eigenvalue weighted by molar-refractivity contribution is 5.84. The van der Waals surface area contributed by atoms with Crippen LogP contribution in [0.25, 0.3) is 0 Å². The number of hydrogen-bond donors (Lipinski definition) is 2. The third-order valence-electron chi connectivity index (χ3n) is 3.22. The number of nitrogens with one attached hydrogen (secondary N) is 1. The summed E-state index contributed by atoms with van der Waals surface area (Å²) in [7, 11) is 0. The largest absolute Gasteiger partial charge is 0.508 e. The Labute approximate surface area is 154 Å². The zero-order valence-electron chi connectivity index (χ0n) is 13.5. The minimum absolute atomic E-state index is 0.466. The van der Waals surface area contributed by atoms with Gasteiger partial charge >= 0.3 is 36.1 Å². The summed E-state index contributed by atoms with van der Waals surface area (Å²) >= 11 is 0. The van der Waals surface area contributed by atoms with Crippen molar-refractivity contribution in [2.24, 2.45) is 0 Å². The normalized spacial score (nSPS) is 14.3. The summed E-state index contributed by atoms with van der Waals surface area (Å²) in [6, 6.07) is 3.16. The molecule has 0 radical (unpaired) electrons. The van der Waals surface area contributed by atoms with Gasteiger partial charge in [0.2, 0.25) is 0 Å². The molecule has 0 spiro atoms. The van der Waals surface area contributed by atoms with Crippen molar-refractivity contribution in [3.63, 3.8) is 0 Å². The summed E-state index contributed by atoms with van der Waals surface area (Å²) < 4.78 is 129. The first-order valence-electron chi connectivity index (χ1n) is 7.08. The smallest absolute Gasteiger partial charge is 0.465 e. The Balaban J connectivity index is 3.10. The molecule has 0 saturated carbocycles. The monoisotopic (exact) mass is 445 g/mol. The van der Waals surface area contributed by atoms with Crippen LogP contribution in [0, 0.1) is 0 Å². The fourth-order valence-electron chi connectivity index (χ4n) is 1.66. The zero-order valence-corrected chi connectivity index (χ0v) is 13.5. The summed E-state index contributed by atoms with van der Waals surface area (Å²) in [4.78, 5) is 22.2. The molecule has 1 aromatic rings. The molecule has 0 aliphatic carbocycles.